The topological polar surface area (TPSA) is 87.6 Å². The highest BCUT2D eigenvalue weighted by molar-refractivity contribution is 5.68. The zero-order chi connectivity index (χ0) is 18.4. The van der Waals surface area contributed by atoms with E-state index in [9.17, 15) is 4.79 Å². The summed E-state index contributed by atoms with van der Waals surface area (Å²) in [5, 5.41) is 17.4. The van der Waals surface area contributed by atoms with E-state index in [1.54, 1.807) is 0 Å². The van der Waals surface area contributed by atoms with Crippen LogP contribution >= 0.6 is 0 Å². The molecular formula is C20H15N3O3. The smallest absolute Gasteiger partial charge is 0.329 e. The molecule has 1 N–H and O–H groups in total. The Hall–Kier alpha value is -3.61. The van der Waals surface area contributed by atoms with E-state index in [1.165, 1.54) is 0 Å². The van der Waals surface area contributed by atoms with E-state index in [0.29, 0.717) is 17.8 Å². The highest BCUT2D eigenvalue weighted by atomic mass is 16.5. The molecular weight excluding hydrogens is 330 g/mol. The van der Waals surface area contributed by atoms with E-state index in [-0.39, 0.29) is 13.2 Å². The summed E-state index contributed by atoms with van der Waals surface area (Å²) in [6.45, 7) is -0.319. The van der Waals surface area contributed by atoms with Crippen LogP contribution in [0.15, 0.2) is 48.7 Å². The lowest BCUT2D eigenvalue weighted by Gasteiger charge is -1.99. The SMILES string of the molecule is N#CCc1ccc(C#Cc2c(COCC(=O)O)nc3ccccn23)cc1. The van der Waals surface area contributed by atoms with Crippen LogP contribution in [0.25, 0.3) is 5.65 Å². The van der Waals surface area contributed by atoms with E-state index in [0.717, 1.165) is 16.8 Å². The third-order valence-corrected chi connectivity index (χ3v) is 3.63. The van der Waals surface area contributed by atoms with Gasteiger partial charge in [0.1, 0.15) is 23.6 Å². The van der Waals surface area contributed by atoms with Gasteiger partial charge >= 0.3 is 5.97 Å². The Bertz CT molecular complexity index is 1030. The molecule has 2 aromatic heterocycles. The number of nitriles is 1. The fourth-order valence-electron chi connectivity index (χ4n) is 2.44. The molecule has 0 radical (unpaired) electrons. The highest BCUT2D eigenvalue weighted by Crippen LogP contribution is 2.13. The van der Waals surface area contributed by atoms with Crippen LogP contribution in [0.5, 0.6) is 0 Å². The second-order valence-corrected chi connectivity index (χ2v) is 5.50. The van der Waals surface area contributed by atoms with E-state index >= 15 is 0 Å². The number of fused-ring (bicyclic) bond motifs is 1. The Morgan fingerprint density at radius 3 is 2.73 bits per heavy atom. The Labute approximate surface area is 150 Å². The molecule has 1 aromatic carbocycles. The van der Waals surface area contributed by atoms with Crippen LogP contribution in [-0.4, -0.2) is 27.1 Å². The first-order chi connectivity index (χ1) is 12.7. The van der Waals surface area contributed by atoms with Crippen LogP contribution in [0, 0.1) is 23.2 Å². The van der Waals surface area contributed by atoms with E-state index in [4.69, 9.17) is 15.1 Å². The lowest BCUT2D eigenvalue weighted by molar-refractivity contribution is -0.142. The molecule has 0 saturated carbocycles. The number of imidazole rings is 1. The van der Waals surface area contributed by atoms with Gasteiger partial charge in [-0.15, -0.1) is 0 Å². The molecule has 0 aliphatic heterocycles. The van der Waals surface area contributed by atoms with E-state index in [2.05, 4.69) is 22.9 Å². The molecule has 3 aromatic rings. The Morgan fingerprint density at radius 2 is 2.00 bits per heavy atom. The summed E-state index contributed by atoms with van der Waals surface area (Å²) in [6.07, 6.45) is 2.22. The van der Waals surface area contributed by atoms with Crippen LogP contribution < -0.4 is 0 Å². The quantitative estimate of drug-likeness (QED) is 0.718. The number of rotatable bonds is 5. The minimum Gasteiger partial charge on any atom is -0.480 e. The van der Waals surface area contributed by atoms with Gasteiger partial charge in [-0.3, -0.25) is 4.40 Å². The Kier molecular flexibility index (Phi) is 5.28. The van der Waals surface area contributed by atoms with Gasteiger partial charge in [-0.1, -0.05) is 24.1 Å². The van der Waals surface area contributed by atoms with Crippen molar-refractivity contribution in [2.75, 3.05) is 6.61 Å². The van der Waals surface area contributed by atoms with Gasteiger partial charge in [-0.05, 0) is 35.7 Å². The first-order valence-corrected chi connectivity index (χ1v) is 7.91. The molecule has 3 rings (SSSR count). The molecule has 0 fully saturated rings. The van der Waals surface area contributed by atoms with Crippen molar-refractivity contribution in [2.24, 2.45) is 0 Å². The lowest BCUT2D eigenvalue weighted by atomic mass is 10.1. The van der Waals surface area contributed by atoms with Crippen molar-refractivity contribution in [3.8, 4) is 17.9 Å². The van der Waals surface area contributed by atoms with Gasteiger partial charge in [0, 0.05) is 11.8 Å². The maximum Gasteiger partial charge on any atom is 0.329 e. The standard InChI is InChI=1S/C20H15N3O3/c21-11-10-16-6-4-15(5-7-16)8-9-18-17(13-26-14-20(24)25)22-19-3-1-2-12-23(18)19/h1-7,12H,10,13-14H2,(H,24,25). The summed E-state index contributed by atoms with van der Waals surface area (Å²) in [6, 6.07) is 15.2. The van der Waals surface area contributed by atoms with Gasteiger partial charge in [0.15, 0.2) is 0 Å². The summed E-state index contributed by atoms with van der Waals surface area (Å²) in [7, 11) is 0. The van der Waals surface area contributed by atoms with Gasteiger partial charge in [-0.2, -0.15) is 5.26 Å². The number of nitrogens with zero attached hydrogens (tertiary/aromatic N) is 3. The fraction of sp³-hybridized carbons (Fsp3) is 0.150. The molecule has 0 aliphatic carbocycles. The minimum atomic E-state index is -1.03. The zero-order valence-corrected chi connectivity index (χ0v) is 13.8. The first-order valence-electron chi connectivity index (χ1n) is 7.91. The second kappa shape index (κ2) is 7.98. The maximum atomic E-state index is 10.6. The van der Waals surface area contributed by atoms with Crippen molar-refractivity contribution < 1.29 is 14.6 Å². The van der Waals surface area contributed by atoms with Crippen molar-refractivity contribution >= 4 is 11.6 Å². The maximum absolute atomic E-state index is 10.6. The number of hydrogen-bond acceptors (Lipinski definition) is 4. The van der Waals surface area contributed by atoms with Gasteiger partial charge in [0.05, 0.1) is 19.1 Å². The molecule has 0 unspecified atom stereocenters. The molecule has 6 heteroatoms. The van der Waals surface area contributed by atoms with Crippen molar-refractivity contribution in [3.63, 3.8) is 0 Å². The van der Waals surface area contributed by atoms with Gasteiger partial charge in [0.2, 0.25) is 0 Å². The number of benzene rings is 1. The number of aliphatic carboxylic acids is 1. The molecule has 6 nitrogen and oxygen atoms in total. The lowest BCUT2D eigenvalue weighted by Crippen LogP contribution is -2.07. The predicted molar refractivity (Wildman–Crippen MR) is 94.2 cm³/mol. The third kappa shape index (κ3) is 4.07. The van der Waals surface area contributed by atoms with Crippen molar-refractivity contribution in [2.45, 2.75) is 13.0 Å². The van der Waals surface area contributed by atoms with E-state index in [1.807, 2.05) is 53.1 Å². The number of carbonyl (C=O) groups is 1. The number of pyridine rings is 1. The summed E-state index contributed by atoms with van der Waals surface area (Å²) < 4.78 is 7.02. The van der Waals surface area contributed by atoms with Gasteiger partial charge < -0.3 is 9.84 Å². The largest absolute Gasteiger partial charge is 0.480 e. The molecule has 2 heterocycles. The average molecular weight is 345 g/mol. The van der Waals surface area contributed by atoms with Crippen molar-refractivity contribution in [3.05, 3.63) is 71.2 Å². The van der Waals surface area contributed by atoms with Crippen LogP contribution in [-0.2, 0) is 22.6 Å². The number of ether oxygens (including phenoxy) is 1. The predicted octanol–water partition coefficient (Wildman–Crippen LogP) is 2.40. The van der Waals surface area contributed by atoms with Crippen LogP contribution in [0.1, 0.15) is 22.5 Å². The average Bonchev–Trinajstić information content (AvgIpc) is 2.98. The minimum absolute atomic E-state index is 0.0686. The second-order valence-electron chi connectivity index (χ2n) is 5.50. The van der Waals surface area contributed by atoms with Crippen LogP contribution in [0.4, 0.5) is 0 Å². The first kappa shape index (κ1) is 17.2. The Morgan fingerprint density at radius 1 is 1.19 bits per heavy atom. The number of aromatic nitrogens is 2. The molecule has 0 amide bonds. The number of carboxylic acid groups (broad SMARTS) is 1. The zero-order valence-electron chi connectivity index (χ0n) is 13.8. The molecule has 128 valence electrons. The van der Waals surface area contributed by atoms with Crippen LogP contribution in [0.2, 0.25) is 0 Å². The monoisotopic (exact) mass is 345 g/mol. The third-order valence-electron chi connectivity index (χ3n) is 3.63. The van der Waals surface area contributed by atoms with Crippen molar-refractivity contribution in [1.29, 1.82) is 5.26 Å². The molecule has 0 aliphatic rings. The molecule has 0 spiro atoms. The summed E-state index contributed by atoms with van der Waals surface area (Å²) in [4.78, 5) is 15.1. The normalized spacial score (nSPS) is 10.1. The summed E-state index contributed by atoms with van der Waals surface area (Å²) in [5.41, 5.74) is 3.72. The highest BCUT2D eigenvalue weighted by Gasteiger charge is 2.11. The molecule has 0 atom stereocenters. The Balaban J connectivity index is 1.91. The molecule has 26 heavy (non-hydrogen) atoms. The number of hydrogen-bond donors (Lipinski definition) is 1. The van der Waals surface area contributed by atoms with Gasteiger partial charge in [0.25, 0.3) is 0 Å². The fourth-order valence-corrected chi connectivity index (χ4v) is 2.44. The van der Waals surface area contributed by atoms with Crippen molar-refractivity contribution in [1.82, 2.24) is 9.38 Å². The van der Waals surface area contributed by atoms with Crippen LogP contribution in [0.3, 0.4) is 0 Å². The number of carboxylic acids is 1. The molecule has 0 bridgehead atoms. The van der Waals surface area contributed by atoms with E-state index < -0.39 is 5.97 Å². The summed E-state index contributed by atoms with van der Waals surface area (Å²) in [5.74, 6) is 5.15. The molecule has 0 saturated heterocycles. The summed E-state index contributed by atoms with van der Waals surface area (Å²) >= 11 is 0. The van der Waals surface area contributed by atoms with Gasteiger partial charge in [-0.25, -0.2) is 9.78 Å².